The predicted octanol–water partition coefficient (Wildman–Crippen LogP) is 0.252. The van der Waals surface area contributed by atoms with Crippen molar-refractivity contribution < 1.29 is 32.7 Å². The first kappa shape index (κ1) is 18.9. The molecule has 1 aromatic carbocycles. The van der Waals surface area contributed by atoms with Gasteiger partial charge in [0.25, 0.3) is 5.91 Å². The van der Waals surface area contributed by atoms with E-state index in [1.165, 1.54) is 18.1 Å². The summed E-state index contributed by atoms with van der Waals surface area (Å²) in [6.07, 6.45) is 0. The molecule has 3 amide bonds. The zero-order valence-electron chi connectivity index (χ0n) is 14.3. The number of nitrogens with zero attached hydrogens (tertiary/aromatic N) is 1. The van der Waals surface area contributed by atoms with Crippen LogP contribution in [-0.4, -0.2) is 56.7 Å². The number of alkyl halides is 2. The maximum Gasteiger partial charge on any atom is 0.387 e. The van der Waals surface area contributed by atoms with Crippen LogP contribution in [0.5, 0.6) is 11.5 Å². The van der Waals surface area contributed by atoms with Crippen molar-refractivity contribution in [1.82, 2.24) is 10.2 Å². The van der Waals surface area contributed by atoms with Crippen molar-refractivity contribution in [2.24, 2.45) is 0 Å². The van der Waals surface area contributed by atoms with Crippen LogP contribution in [0.4, 0.5) is 13.6 Å². The van der Waals surface area contributed by atoms with Crippen LogP contribution in [0.25, 0.3) is 0 Å². The fourth-order valence-electron chi connectivity index (χ4n) is 2.62. The van der Waals surface area contributed by atoms with Gasteiger partial charge in [-0.3, -0.25) is 9.69 Å². The number of hydrogen-bond acceptors (Lipinski definition) is 4. The summed E-state index contributed by atoms with van der Waals surface area (Å²) in [6.45, 7) is 0.0852. The molecule has 1 aliphatic rings. The molecule has 0 radical (unpaired) electrons. The van der Waals surface area contributed by atoms with Crippen LogP contribution in [0.2, 0.25) is 0 Å². The van der Waals surface area contributed by atoms with Gasteiger partial charge in [-0.2, -0.15) is 8.78 Å². The van der Waals surface area contributed by atoms with Crippen LogP contribution in [-0.2, 0) is 11.3 Å². The first-order chi connectivity index (χ1) is 11.8. The van der Waals surface area contributed by atoms with Gasteiger partial charge in [0.2, 0.25) is 0 Å². The van der Waals surface area contributed by atoms with Gasteiger partial charge in [0.05, 0.1) is 14.2 Å². The number of urea groups is 1. The molecule has 1 fully saturated rings. The monoisotopic (exact) mass is 358 g/mol. The number of imide groups is 1. The summed E-state index contributed by atoms with van der Waals surface area (Å²) in [5.74, 6) is -0.0996. The minimum Gasteiger partial charge on any atom is -0.493 e. The number of hydrogen-bond donors (Lipinski definition) is 2. The van der Waals surface area contributed by atoms with Crippen LogP contribution in [0.1, 0.15) is 12.5 Å². The molecule has 1 saturated heterocycles. The van der Waals surface area contributed by atoms with E-state index in [1.54, 1.807) is 19.1 Å². The normalized spacial score (nSPS) is 16.6. The number of benzene rings is 1. The van der Waals surface area contributed by atoms with E-state index >= 15 is 0 Å². The van der Waals surface area contributed by atoms with E-state index in [0.29, 0.717) is 19.6 Å². The van der Waals surface area contributed by atoms with E-state index in [1.807, 2.05) is 7.05 Å². The molecule has 0 aliphatic carbocycles. The molecule has 25 heavy (non-hydrogen) atoms. The number of nitrogens with one attached hydrogen (secondary N) is 2. The number of ether oxygens (including phenoxy) is 2. The van der Waals surface area contributed by atoms with Crippen LogP contribution < -0.4 is 19.7 Å². The van der Waals surface area contributed by atoms with E-state index in [9.17, 15) is 18.4 Å². The van der Waals surface area contributed by atoms with Gasteiger partial charge in [-0.05, 0) is 25.1 Å². The summed E-state index contributed by atoms with van der Waals surface area (Å²) in [7, 11) is 3.19. The molecule has 2 rings (SSSR count). The van der Waals surface area contributed by atoms with Crippen LogP contribution >= 0.6 is 0 Å². The van der Waals surface area contributed by atoms with Gasteiger partial charge < -0.3 is 19.7 Å². The second-order valence-electron chi connectivity index (χ2n) is 5.83. The summed E-state index contributed by atoms with van der Waals surface area (Å²) in [4.78, 5) is 26.1. The third-order valence-corrected chi connectivity index (χ3v) is 4.16. The zero-order chi connectivity index (χ0) is 18.6. The number of amides is 3. The molecule has 9 heteroatoms. The van der Waals surface area contributed by atoms with Crippen molar-refractivity contribution in [2.45, 2.75) is 26.1 Å². The number of methoxy groups -OCH3 is 1. The average Bonchev–Trinajstić information content (AvgIpc) is 3.00. The Balaban J connectivity index is 2.05. The van der Waals surface area contributed by atoms with Crippen molar-refractivity contribution in [2.75, 3.05) is 27.2 Å². The van der Waals surface area contributed by atoms with Crippen LogP contribution in [0.15, 0.2) is 18.2 Å². The van der Waals surface area contributed by atoms with E-state index < -0.39 is 12.7 Å². The lowest BCUT2D eigenvalue weighted by atomic mass is 10.1. The molecule has 0 spiro atoms. The van der Waals surface area contributed by atoms with Gasteiger partial charge in [-0.25, -0.2) is 4.79 Å². The smallest absolute Gasteiger partial charge is 0.387 e. The molecule has 2 atom stereocenters. The highest BCUT2D eigenvalue weighted by Gasteiger charge is 2.33. The largest absolute Gasteiger partial charge is 0.493 e. The van der Waals surface area contributed by atoms with Gasteiger partial charge in [0.1, 0.15) is 6.54 Å². The maximum atomic E-state index is 12.4. The minimum absolute atomic E-state index is 0.0447. The Labute approximate surface area is 144 Å². The van der Waals surface area contributed by atoms with Crippen molar-refractivity contribution in [3.05, 3.63) is 23.8 Å². The second-order valence-corrected chi connectivity index (χ2v) is 5.83. The number of likely N-dealkylation sites (N-methyl/N-ethyl adjacent to an activating group) is 1. The molecule has 2 N–H and O–H groups in total. The quantitative estimate of drug-likeness (QED) is 0.733. The molecule has 0 saturated carbocycles. The second kappa shape index (κ2) is 8.11. The zero-order valence-corrected chi connectivity index (χ0v) is 14.3. The molecular weight excluding hydrogens is 336 g/mol. The van der Waals surface area contributed by atoms with Gasteiger partial charge in [-0.15, -0.1) is 0 Å². The molecule has 1 unspecified atom stereocenters. The summed E-state index contributed by atoms with van der Waals surface area (Å²) < 4.78 is 34.2. The van der Waals surface area contributed by atoms with Crippen molar-refractivity contribution in [1.29, 1.82) is 0 Å². The Kier molecular flexibility index (Phi) is 6.13. The topological polar surface area (TPSA) is 72.3 Å². The molecule has 138 valence electrons. The lowest BCUT2D eigenvalue weighted by molar-refractivity contribution is -0.908. The van der Waals surface area contributed by atoms with Crippen molar-refractivity contribution in [3.63, 3.8) is 0 Å². The highest BCUT2D eigenvalue weighted by atomic mass is 19.3. The Morgan fingerprint density at radius 2 is 2.12 bits per heavy atom. The Hall–Kier alpha value is -2.42. The van der Waals surface area contributed by atoms with E-state index in [0.717, 1.165) is 10.5 Å². The fourth-order valence-corrected chi connectivity index (χ4v) is 2.62. The molecule has 1 aliphatic heterocycles. The minimum atomic E-state index is -2.93. The molecule has 1 heterocycles. The summed E-state index contributed by atoms with van der Waals surface area (Å²) in [5.41, 5.74) is 0.793. The van der Waals surface area contributed by atoms with Crippen LogP contribution in [0, 0.1) is 0 Å². The number of carbonyl (C=O) groups excluding carboxylic acids is 2. The van der Waals surface area contributed by atoms with E-state index in [-0.39, 0.29) is 23.4 Å². The predicted molar refractivity (Wildman–Crippen MR) is 84.8 cm³/mol. The number of quaternary nitrogens is 1. The number of halogens is 2. The first-order valence-corrected chi connectivity index (χ1v) is 7.86. The van der Waals surface area contributed by atoms with Crippen molar-refractivity contribution in [3.8, 4) is 11.5 Å². The van der Waals surface area contributed by atoms with E-state index in [2.05, 4.69) is 10.1 Å². The van der Waals surface area contributed by atoms with E-state index in [4.69, 9.17) is 4.74 Å². The molecule has 0 bridgehead atoms. The van der Waals surface area contributed by atoms with Gasteiger partial charge >= 0.3 is 12.6 Å². The highest BCUT2D eigenvalue weighted by molar-refractivity contribution is 5.97. The molecule has 0 aromatic heterocycles. The average molecular weight is 358 g/mol. The van der Waals surface area contributed by atoms with Gasteiger partial charge in [0.15, 0.2) is 17.5 Å². The highest BCUT2D eigenvalue weighted by Crippen LogP contribution is 2.29. The van der Waals surface area contributed by atoms with Gasteiger partial charge in [0, 0.05) is 18.7 Å². The molecular formula is C16H22F2N3O4+. The fraction of sp³-hybridized carbons (Fsp3) is 0.500. The number of carbonyl (C=O) groups is 2. The molecule has 1 aromatic rings. The Bertz CT molecular complexity index is 642. The van der Waals surface area contributed by atoms with Crippen molar-refractivity contribution >= 4 is 11.9 Å². The Morgan fingerprint density at radius 1 is 1.40 bits per heavy atom. The third-order valence-electron chi connectivity index (χ3n) is 4.16. The maximum absolute atomic E-state index is 12.4. The molecule has 7 nitrogen and oxygen atoms in total. The third kappa shape index (κ3) is 4.56. The van der Waals surface area contributed by atoms with Crippen LogP contribution in [0.3, 0.4) is 0 Å². The Morgan fingerprint density at radius 3 is 2.68 bits per heavy atom. The summed E-state index contributed by atoms with van der Waals surface area (Å²) in [6, 6.07) is 3.84. The SMILES string of the molecule is COc1cc(C[NH+](C)[C@H](C)C(=O)N2CCNC2=O)ccc1OC(F)F. The first-order valence-electron chi connectivity index (χ1n) is 7.86. The summed E-state index contributed by atoms with van der Waals surface area (Å²) >= 11 is 0. The lowest BCUT2D eigenvalue weighted by Gasteiger charge is -2.24. The van der Waals surface area contributed by atoms with Gasteiger partial charge in [-0.1, -0.05) is 0 Å². The lowest BCUT2D eigenvalue weighted by Crippen LogP contribution is -3.12. The summed E-state index contributed by atoms with van der Waals surface area (Å²) in [5, 5.41) is 2.60. The number of rotatable bonds is 7. The standard InChI is InChI=1S/C16H21F2N3O4/c1-10(14(22)21-7-6-19-16(21)23)20(2)9-11-4-5-12(25-15(17)18)13(8-11)24-3/h4-5,8,10,15H,6-7,9H2,1-3H3,(H,19,23)/p+1/t10-/m1/s1.